The van der Waals surface area contributed by atoms with Crippen LogP contribution in [0.5, 0.6) is 11.5 Å². The Kier molecular flexibility index (Phi) is 4.61. The van der Waals surface area contributed by atoms with Crippen molar-refractivity contribution in [2.24, 2.45) is 19.3 Å². The van der Waals surface area contributed by atoms with Crippen LogP contribution in [0.3, 0.4) is 0 Å². The summed E-state index contributed by atoms with van der Waals surface area (Å²) in [4.78, 5) is 34.5. The van der Waals surface area contributed by atoms with Crippen LogP contribution in [0, 0.1) is 0 Å². The summed E-state index contributed by atoms with van der Waals surface area (Å²) in [5, 5.41) is 4.21. The van der Waals surface area contributed by atoms with Gasteiger partial charge < -0.3 is 18.9 Å². The average molecular weight is 399 g/mol. The van der Waals surface area contributed by atoms with Crippen LogP contribution in [0.15, 0.2) is 39.3 Å². The third-order valence-corrected chi connectivity index (χ3v) is 5.07. The first-order valence-electron chi connectivity index (χ1n) is 9.00. The smallest absolute Gasteiger partial charge is 0.332 e. The van der Waals surface area contributed by atoms with Crippen LogP contribution in [-0.2, 0) is 25.5 Å². The quantitative estimate of drug-likeness (QED) is 0.624. The number of aryl methyl sites for hydroxylation is 1. The minimum Gasteiger partial charge on any atom is -0.497 e. The molecule has 1 atom stereocenters. The molecule has 1 aliphatic rings. The third kappa shape index (κ3) is 3.06. The van der Waals surface area contributed by atoms with Gasteiger partial charge in [-0.15, -0.1) is 0 Å². The van der Waals surface area contributed by atoms with Gasteiger partial charge in [-0.1, -0.05) is 5.16 Å². The topological polar surface area (TPSA) is 102 Å². The molecule has 0 saturated heterocycles. The molecule has 3 aromatic rings. The van der Waals surface area contributed by atoms with E-state index in [-0.39, 0.29) is 6.10 Å². The number of rotatable bonds is 5. The van der Waals surface area contributed by atoms with E-state index in [1.54, 1.807) is 38.2 Å². The lowest BCUT2D eigenvalue weighted by Gasteiger charge is -2.11. The molecule has 0 spiro atoms. The lowest BCUT2D eigenvalue weighted by molar-refractivity contribution is 0.0733. The first-order chi connectivity index (χ1) is 13.9. The van der Waals surface area contributed by atoms with Gasteiger partial charge in [0.25, 0.3) is 5.56 Å². The fourth-order valence-electron chi connectivity index (χ4n) is 3.48. The summed E-state index contributed by atoms with van der Waals surface area (Å²) in [5.74, 6) is 1.33. The van der Waals surface area contributed by atoms with Crippen LogP contribution in [0.4, 0.5) is 0 Å². The van der Waals surface area contributed by atoms with E-state index >= 15 is 0 Å². The van der Waals surface area contributed by atoms with Crippen LogP contribution in [0.2, 0.25) is 0 Å². The van der Waals surface area contributed by atoms with Crippen LogP contribution >= 0.6 is 0 Å². The van der Waals surface area contributed by atoms with Gasteiger partial charge in [0.15, 0.2) is 17.3 Å². The maximum Gasteiger partial charge on any atom is 0.332 e. The summed E-state index contributed by atoms with van der Waals surface area (Å²) in [6, 6.07) is 5.50. The lowest BCUT2D eigenvalue weighted by Crippen LogP contribution is -2.37. The van der Waals surface area contributed by atoms with Gasteiger partial charge in [-0.25, -0.2) is 9.78 Å². The van der Waals surface area contributed by atoms with Gasteiger partial charge in [0, 0.05) is 32.1 Å². The molecule has 10 nitrogen and oxygen atoms in total. The summed E-state index contributed by atoms with van der Waals surface area (Å²) in [6.45, 7) is 0.370. The first kappa shape index (κ1) is 18.8. The number of imidazole rings is 1. The van der Waals surface area contributed by atoms with Crippen molar-refractivity contribution in [1.82, 2.24) is 18.7 Å². The Bertz CT molecular complexity index is 1240. The van der Waals surface area contributed by atoms with Crippen molar-refractivity contribution in [3.63, 3.8) is 0 Å². The minimum absolute atomic E-state index is 0.281. The van der Waals surface area contributed by atoms with E-state index in [2.05, 4.69) is 10.1 Å². The molecule has 3 heterocycles. The Balaban J connectivity index is 1.60. The van der Waals surface area contributed by atoms with Gasteiger partial charge in [-0.3, -0.25) is 13.9 Å². The van der Waals surface area contributed by atoms with E-state index in [9.17, 15) is 9.59 Å². The standard InChI is InChI=1S/C19H21N5O5/c1-22-17-16(18(25)23(2)19(22)26)24(10-20-17)9-12-7-14(21-29-12)13-6-5-11(27-3)8-15(13)28-4/h5-6,8,10,12H,7,9H2,1-4H3. The highest BCUT2D eigenvalue weighted by atomic mass is 16.6. The molecule has 0 aliphatic carbocycles. The minimum atomic E-state index is -0.415. The second kappa shape index (κ2) is 7.12. The van der Waals surface area contributed by atoms with E-state index < -0.39 is 11.2 Å². The van der Waals surface area contributed by atoms with Crippen molar-refractivity contribution >= 4 is 16.9 Å². The van der Waals surface area contributed by atoms with E-state index in [1.807, 2.05) is 12.1 Å². The van der Waals surface area contributed by atoms with E-state index in [0.717, 1.165) is 15.8 Å². The zero-order valence-corrected chi connectivity index (χ0v) is 16.6. The van der Waals surface area contributed by atoms with Gasteiger partial charge in [-0.2, -0.15) is 0 Å². The Labute approximate surface area is 165 Å². The normalized spacial score (nSPS) is 16.0. The second-order valence-corrected chi connectivity index (χ2v) is 6.81. The predicted octanol–water partition coefficient (Wildman–Crippen LogP) is 0.644. The maximum atomic E-state index is 12.6. The second-order valence-electron chi connectivity index (χ2n) is 6.81. The SMILES string of the molecule is COc1ccc(C2=NOC(Cn3cnc4c3c(=O)n(C)c(=O)n4C)C2)c(OC)c1. The summed E-state index contributed by atoms with van der Waals surface area (Å²) >= 11 is 0. The van der Waals surface area contributed by atoms with Gasteiger partial charge in [0.05, 0.1) is 32.8 Å². The lowest BCUT2D eigenvalue weighted by atomic mass is 10.0. The Morgan fingerprint density at radius 2 is 1.97 bits per heavy atom. The first-order valence-corrected chi connectivity index (χ1v) is 9.00. The van der Waals surface area contributed by atoms with Crippen molar-refractivity contribution < 1.29 is 14.3 Å². The van der Waals surface area contributed by atoms with Crippen LogP contribution in [0.25, 0.3) is 11.2 Å². The van der Waals surface area contributed by atoms with E-state index in [4.69, 9.17) is 14.3 Å². The van der Waals surface area contributed by atoms with E-state index in [0.29, 0.717) is 35.6 Å². The molecule has 0 N–H and O–H groups in total. The number of hydrogen-bond acceptors (Lipinski definition) is 7. The number of ether oxygens (including phenoxy) is 2. The highest BCUT2D eigenvalue weighted by molar-refractivity contribution is 6.03. The zero-order chi connectivity index (χ0) is 20.7. The number of benzene rings is 1. The number of aromatic nitrogens is 4. The molecular weight excluding hydrogens is 378 g/mol. The third-order valence-electron chi connectivity index (χ3n) is 5.07. The molecule has 10 heteroatoms. The van der Waals surface area contributed by atoms with Crippen LogP contribution < -0.4 is 20.7 Å². The Hall–Kier alpha value is -3.56. The molecule has 2 aromatic heterocycles. The Morgan fingerprint density at radius 3 is 2.69 bits per heavy atom. The van der Waals surface area contributed by atoms with Gasteiger partial charge in [0.2, 0.25) is 0 Å². The number of methoxy groups -OCH3 is 2. The molecule has 1 aromatic carbocycles. The van der Waals surface area contributed by atoms with Crippen LogP contribution in [-0.4, -0.2) is 44.7 Å². The van der Waals surface area contributed by atoms with Crippen molar-refractivity contribution in [3.8, 4) is 11.5 Å². The van der Waals surface area contributed by atoms with Gasteiger partial charge in [0.1, 0.15) is 11.5 Å². The fraction of sp³-hybridized carbons (Fsp3) is 0.368. The summed E-state index contributed by atoms with van der Waals surface area (Å²) in [6.07, 6.45) is 1.80. The predicted molar refractivity (Wildman–Crippen MR) is 106 cm³/mol. The number of fused-ring (bicyclic) bond motifs is 1. The van der Waals surface area contributed by atoms with Crippen molar-refractivity contribution in [3.05, 3.63) is 50.9 Å². The van der Waals surface area contributed by atoms with Crippen LogP contribution in [0.1, 0.15) is 12.0 Å². The monoisotopic (exact) mass is 399 g/mol. The molecule has 29 heavy (non-hydrogen) atoms. The number of oxime groups is 1. The molecule has 0 fully saturated rings. The highest BCUT2D eigenvalue weighted by Crippen LogP contribution is 2.29. The molecule has 0 saturated carbocycles. The molecule has 1 aliphatic heterocycles. The summed E-state index contributed by atoms with van der Waals surface area (Å²) in [5.41, 5.74) is 1.46. The number of hydrogen-bond donors (Lipinski definition) is 0. The summed E-state index contributed by atoms with van der Waals surface area (Å²) < 4.78 is 14.8. The highest BCUT2D eigenvalue weighted by Gasteiger charge is 2.26. The van der Waals surface area contributed by atoms with Crippen molar-refractivity contribution in [2.45, 2.75) is 19.1 Å². The maximum absolute atomic E-state index is 12.6. The molecule has 0 radical (unpaired) electrons. The Morgan fingerprint density at radius 1 is 1.17 bits per heavy atom. The summed E-state index contributed by atoms with van der Waals surface area (Å²) in [7, 11) is 6.22. The molecule has 0 bridgehead atoms. The molecular formula is C19H21N5O5. The van der Waals surface area contributed by atoms with Crippen molar-refractivity contribution in [1.29, 1.82) is 0 Å². The average Bonchev–Trinajstić information content (AvgIpc) is 3.37. The van der Waals surface area contributed by atoms with Gasteiger partial charge in [-0.05, 0) is 12.1 Å². The number of nitrogens with zero attached hydrogens (tertiary/aromatic N) is 5. The molecule has 152 valence electrons. The molecule has 0 amide bonds. The molecule has 1 unspecified atom stereocenters. The van der Waals surface area contributed by atoms with E-state index in [1.165, 1.54) is 11.6 Å². The van der Waals surface area contributed by atoms with Crippen molar-refractivity contribution in [2.75, 3.05) is 14.2 Å². The largest absolute Gasteiger partial charge is 0.497 e. The van der Waals surface area contributed by atoms with Gasteiger partial charge >= 0.3 is 5.69 Å². The fourth-order valence-corrected chi connectivity index (χ4v) is 3.48. The molecule has 4 rings (SSSR count). The zero-order valence-electron chi connectivity index (χ0n) is 16.6.